The Morgan fingerprint density at radius 1 is 1.27 bits per heavy atom. The molecule has 2 aromatic rings. The van der Waals surface area contributed by atoms with E-state index in [1.165, 1.54) is 10.5 Å². The molecular formula is C16H18N2O3S. The molecular weight excluding hydrogens is 300 g/mol. The fraction of sp³-hybridized carbons (Fsp3) is 0.312. The number of rotatable bonds is 4. The number of anilines is 1. The van der Waals surface area contributed by atoms with Crippen LogP contribution in [0.3, 0.4) is 0 Å². The second kappa shape index (κ2) is 5.61. The highest BCUT2D eigenvalue weighted by Gasteiger charge is 2.35. The molecule has 2 heterocycles. The third-order valence-corrected chi connectivity index (χ3v) is 5.61. The average Bonchev–Trinajstić information content (AvgIpc) is 2.84. The van der Waals surface area contributed by atoms with Crippen LogP contribution in [0.4, 0.5) is 5.69 Å². The number of nitrogens with zero attached hydrogens (tertiary/aromatic N) is 2. The normalized spacial score (nSPS) is 17.4. The lowest BCUT2D eigenvalue weighted by atomic mass is 10.1. The highest BCUT2D eigenvalue weighted by atomic mass is 32.2. The quantitative estimate of drug-likeness (QED) is 0.869. The molecule has 0 bridgehead atoms. The van der Waals surface area contributed by atoms with Crippen LogP contribution in [0.2, 0.25) is 0 Å². The van der Waals surface area contributed by atoms with E-state index in [4.69, 9.17) is 4.74 Å². The van der Waals surface area contributed by atoms with E-state index in [0.717, 1.165) is 17.7 Å². The van der Waals surface area contributed by atoms with Crippen LogP contribution >= 0.6 is 0 Å². The Hall–Kier alpha value is -2.08. The molecule has 1 unspecified atom stereocenters. The molecule has 22 heavy (non-hydrogen) atoms. The van der Waals surface area contributed by atoms with Gasteiger partial charge in [-0.25, -0.2) is 13.4 Å². The van der Waals surface area contributed by atoms with Crippen molar-refractivity contribution >= 4 is 15.7 Å². The molecule has 1 aliphatic rings. The minimum absolute atomic E-state index is 0.103. The van der Waals surface area contributed by atoms with Gasteiger partial charge in [-0.1, -0.05) is 18.2 Å². The van der Waals surface area contributed by atoms with Crippen molar-refractivity contribution in [1.29, 1.82) is 0 Å². The summed E-state index contributed by atoms with van der Waals surface area (Å²) in [4.78, 5) is 4.24. The second-order valence-electron chi connectivity index (χ2n) is 5.25. The van der Waals surface area contributed by atoms with Crippen LogP contribution in [0.15, 0.2) is 47.5 Å². The Balaban J connectivity index is 1.99. The summed E-state index contributed by atoms with van der Waals surface area (Å²) >= 11 is 0. The largest absolute Gasteiger partial charge is 0.478 e. The number of sulfonamides is 1. The number of benzene rings is 1. The first-order valence-corrected chi connectivity index (χ1v) is 8.69. The number of hydrogen-bond acceptors (Lipinski definition) is 4. The summed E-state index contributed by atoms with van der Waals surface area (Å²) in [7, 11) is -3.62. The molecule has 1 aromatic heterocycles. The third-order valence-electron chi connectivity index (χ3n) is 3.70. The highest BCUT2D eigenvalue weighted by Crippen LogP contribution is 2.36. The van der Waals surface area contributed by atoms with E-state index < -0.39 is 10.0 Å². The van der Waals surface area contributed by atoms with Crippen LogP contribution in [-0.4, -0.2) is 26.1 Å². The Labute approximate surface area is 130 Å². The van der Waals surface area contributed by atoms with Gasteiger partial charge in [-0.05, 0) is 38.0 Å². The van der Waals surface area contributed by atoms with Crippen molar-refractivity contribution in [2.24, 2.45) is 0 Å². The number of para-hydroxylation sites is 1. The maximum atomic E-state index is 12.9. The molecule has 3 rings (SSSR count). The summed E-state index contributed by atoms with van der Waals surface area (Å²) < 4.78 is 32.6. The molecule has 0 radical (unpaired) electrons. The molecule has 1 aromatic carbocycles. The van der Waals surface area contributed by atoms with Crippen molar-refractivity contribution in [1.82, 2.24) is 4.98 Å². The zero-order valence-electron chi connectivity index (χ0n) is 12.6. The summed E-state index contributed by atoms with van der Waals surface area (Å²) in [5, 5.41) is 0. The van der Waals surface area contributed by atoms with Crippen LogP contribution in [0.1, 0.15) is 19.4 Å². The maximum absolute atomic E-state index is 12.9. The molecule has 5 nitrogen and oxygen atoms in total. The lowest BCUT2D eigenvalue weighted by Crippen LogP contribution is -2.35. The summed E-state index contributed by atoms with van der Waals surface area (Å²) in [6, 6.07) is 10.6. The summed E-state index contributed by atoms with van der Waals surface area (Å²) in [5.74, 6) is 0.427. The van der Waals surface area contributed by atoms with E-state index >= 15 is 0 Å². The van der Waals surface area contributed by atoms with Crippen molar-refractivity contribution < 1.29 is 13.2 Å². The van der Waals surface area contributed by atoms with Crippen LogP contribution in [0, 0.1) is 0 Å². The van der Waals surface area contributed by atoms with Gasteiger partial charge in [0.2, 0.25) is 5.88 Å². The number of ether oxygens (including phenoxy) is 1. The molecule has 116 valence electrons. The fourth-order valence-electron chi connectivity index (χ4n) is 2.77. The molecule has 1 atom stereocenters. The topological polar surface area (TPSA) is 59.5 Å². The van der Waals surface area contributed by atoms with E-state index in [-0.39, 0.29) is 10.9 Å². The molecule has 0 amide bonds. The third kappa shape index (κ3) is 2.43. The van der Waals surface area contributed by atoms with Gasteiger partial charge in [-0.15, -0.1) is 0 Å². The van der Waals surface area contributed by atoms with Gasteiger partial charge in [-0.2, -0.15) is 0 Å². The number of aromatic nitrogens is 1. The van der Waals surface area contributed by atoms with Crippen LogP contribution in [0.5, 0.6) is 5.88 Å². The van der Waals surface area contributed by atoms with E-state index in [1.54, 1.807) is 12.1 Å². The number of hydrogen-bond donors (Lipinski definition) is 0. The molecule has 0 spiro atoms. The van der Waals surface area contributed by atoms with Crippen molar-refractivity contribution in [3.63, 3.8) is 0 Å². The number of pyridine rings is 1. The van der Waals surface area contributed by atoms with Gasteiger partial charge in [0.1, 0.15) is 4.90 Å². The average molecular weight is 318 g/mol. The van der Waals surface area contributed by atoms with E-state index in [0.29, 0.717) is 12.5 Å². The molecule has 1 aliphatic heterocycles. The molecule has 0 N–H and O–H groups in total. The van der Waals surface area contributed by atoms with E-state index in [9.17, 15) is 8.42 Å². The van der Waals surface area contributed by atoms with Crippen LogP contribution < -0.4 is 9.04 Å². The van der Waals surface area contributed by atoms with Crippen LogP contribution in [0.25, 0.3) is 0 Å². The lowest BCUT2D eigenvalue weighted by Gasteiger charge is -2.24. The highest BCUT2D eigenvalue weighted by molar-refractivity contribution is 7.92. The van der Waals surface area contributed by atoms with Gasteiger partial charge in [-0.3, -0.25) is 4.31 Å². The molecule has 6 heteroatoms. The fourth-order valence-corrected chi connectivity index (χ4v) is 4.41. The maximum Gasteiger partial charge on any atom is 0.266 e. The first-order valence-electron chi connectivity index (χ1n) is 7.25. The first-order chi connectivity index (χ1) is 10.5. The summed E-state index contributed by atoms with van der Waals surface area (Å²) in [6.45, 7) is 4.27. The predicted octanol–water partition coefficient (Wildman–Crippen LogP) is 2.62. The van der Waals surface area contributed by atoms with Gasteiger partial charge in [0.25, 0.3) is 10.0 Å². The van der Waals surface area contributed by atoms with Crippen LogP contribution in [-0.2, 0) is 16.4 Å². The van der Waals surface area contributed by atoms with Crippen molar-refractivity contribution in [2.75, 3.05) is 10.9 Å². The molecule has 0 saturated carbocycles. The van der Waals surface area contributed by atoms with Gasteiger partial charge < -0.3 is 4.74 Å². The Bertz CT molecular complexity index is 772. The van der Waals surface area contributed by atoms with Gasteiger partial charge in [0, 0.05) is 12.1 Å². The molecule has 0 saturated heterocycles. The Morgan fingerprint density at radius 3 is 2.73 bits per heavy atom. The number of fused-ring (bicyclic) bond motifs is 1. The Morgan fingerprint density at radius 2 is 2.05 bits per heavy atom. The minimum Gasteiger partial charge on any atom is -0.478 e. The SMILES string of the molecule is CCOc1ccc(S(=O)(=O)N2c3ccccc3CC2C)cn1. The summed E-state index contributed by atoms with van der Waals surface area (Å²) in [5.41, 5.74) is 1.81. The van der Waals surface area contributed by atoms with Gasteiger partial charge in [0.15, 0.2) is 0 Å². The van der Waals surface area contributed by atoms with Gasteiger partial charge in [0.05, 0.1) is 18.5 Å². The Kier molecular flexibility index (Phi) is 3.78. The predicted molar refractivity (Wildman–Crippen MR) is 84.7 cm³/mol. The molecule has 0 fully saturated rings. The van der Waals surface area contributed by atoms with E-state index in [2.05, 4.69) is 4.98 Å². The zero-order chi connectivity index (χ0) is 15.7. The standard InChI is InChI=1S/C16H18N2O3S/c1-3-21-16-9-8-14(11-17-16)22(19,20)18-12(2)10-13-6-4-5-7-15(13)18/h4-9,11-12H,3,10H2,1-2H3. The van der Waals surface area contributed by atoms with Gasteiger partial charge >= 0.3 is 0 Å². The minimum atomic E-state index is -3.62. The van der Waals surface area contributed by atoms with Crippen molar-refractivity contribution in [2.45, 2.75) is 31.2 Å². The van der Waals surface area contributed by atoms with E-state index in [1.807, 2.05) is 38.1 Å². The zero-order valence-corrected chi connectivity index (χ0v) is 13.4. The monoisotopic (exact) mass is 318 g/mol. The van der Waals surface area contributed by atoms with Crippen molar-refractivity contribution in [3.8, 4) is 5.88 Å². The molecule has 0 aliphatic carbocycles. The van der Waals surface area contributed by atoms with Crippen molar-refractivity contribution in [3.05, 3.63) is 48.2 Å². The summed E-state index contributed by atoms with van der Waals surface area (Å²) in [6.07, 6.45) is 2.08. The second-order valence-corrected chi connectivity index (χ2v) is 7.06. The first kappa shape index (κ1) is 14.8. The lowest BCUT2D eigenvalue weighted by molar-refractivity contribution is 0.326. The smallest absolute Gasteiger partial charge is 0.266 e.